The molecule has 1 saturated carbocycles. The quantitative estimate of drug-likeness (QED) is 0.853. The lowest BCUT2D eigenvalue weighted by Crippen LogP contribution is -2.39. The summed E-state index contributed by atoms with van der Waals surface area (Å²) in [5.74, 6) is 0. The van der Waals surface area contributed by atoms with E-state index in [9.17, 15) is 5.11 Å². The number of thiophene rings is 1. The first kappa shape index (κ1) is 14.0. The molecule has 0 bridgehead atoms. The van der Waals surface area contributed by atoms with Gasteiger partial charge in [0.2, 0.25) is 0 Å². The molecular formula is C15H25NOS. The normalized spacial score (nSPS) is 20.8. The van der Waals surface area contributed by atoms with E-state index in [1.165, 1.54) is 41.9 Å². The van der Waals surface area contributed by atoms with Crippen molar-refractivity contribution in [3.05, 3.63) is 21.9 Å². The molecule has 1 fully saturated rings. The maximum Gasteiger partial charge on any atom is 0.0499 e. The average molecular weight is 267 g/mol. The van der Waals surface area contributed by atoms with Crippen LogP contribution in [0.15, 0.2) is 12.1 Å². The van der Waals surface area contributed by atoms with Gasteiger partial charge in [-0.2, -0.15) is 0 Å². The van der Waals surface area contributed by atoms with Crippen LogP contribution in [-0.4, -0.2) is 18.3 Å². The van der Waals surface area contributed by atoms with Crippen LogP contribution < -0.4 is 5.32 Å². The maximum atomic E-state index is 9.69. The Morgan fingerprint density at radius 3 is 2.61 bits per heavy atom. The van der Waals surface area contributed by atoms with Crippen LogP contribution in [0.4, 0.5) is 0 Å². The van der Waals surface area contributed by atoms with Crippen LogP contribution in [-0.2, 0) is 0 Å². The molecule has 2 N–H and O–H groups in total. The number of aliphatic hydroxyl groups excluding tert-OH is 1. The van der Waals surface area contributed by atoms with Crippen molar-refractivity contribution in [2.45, 2.75) is 52.0 Å². The average Bonchev–Trinajstić information content (AvgIpc) is 2.84. The fourth-order valence-electron chi connectivity index (χ4n) is 2.85. The molecule has 0 amide bonds. The van der Waals surface area contributed by atoms with Crippen molar-refractivity contribution in [1.82, 2.24) is 5.32 Å². The lowest BCUT2D eigenvalue weighted by Gasteiger charge is -2.36. The molecule has 1 heterocycles. The van der Waals surface area contributed by atoms with Crippen LogP contribution in [0.3, 0.4) is 0 Å². The van der Waals surface area contributed by atoms with Crippen molar-refractivity contribution in [3.8, 4) is 0 Å². The second-order valence-electron chi connectivity index (χ2n) is 5.77. The Hall–Kier alpha value is -0.380. The first-order chi connectivity index (χ1) is 8.65. The van der Waals surface area contributed by atoms with Gasteiger partial charge in [0.1, 0.15) is 0 Å². The predicted molar refractivity (Wildman–Crippen MR) is 78.1 cm³/mol. The Balaban J connectivity index is 1.89. The summed E-state index contributed by atoms with van der Waals surface area (Å²) in [5, 5.41) is 13.3. The minimum atomic E-state index is 0.138. The van der Waals surface area contributed by atoms with E-state index in [1.54, 1.807) is 0 Å². The van der Waals surface area contributed by atoms with Gasteiger partial charge in [-0.25, -0.2) is 0 Å². The summed E-state index contributed by atoms with van der Waals surface area (Å²) < 4.78 is 0. The number of rotatable bonds is 5. The first-order valence-corrected chi connectivity index (χ1v) is 7.87. The SMILES string of the molecule is Cc1ccc(C(C)NCC2(CO)CCCCC2)s1. The Kier molecular flexibility index (Phi) is 4.82. The highest BCUT2D eigenvalue weighted by Crippen LogP contribution is 2.36. The molecule has 102 valence electrons. The molecule has 1 aliphatic rings. The van der Waals surface area contributed by atoms with E-state index in [4.69, 9.17) is 0 Å². The molecule has 1 aromatic heterocycles. The van der Waals surface area contributed by atoms with Crippen molar-refractivity contribution >= 4 is 11.3 Å². The topological polar surface area (TPSA) is 32.3 Å². The first-order valence-electron chi connectivity index (χ1n) is 7.06. The highest BCUT2D eigenvalue weighted by atomic mass is 32.1. The maximum absolute atomic E-state index is 9.69. The molecule has 3 heteroatoms. The smallest absolute Gasteiger partial charge is 0.0499 e. The molecule has 0 aromatic carbocycles. The summed E-state index contributed by atoms with van der Waals surface area (Å²) in [5.41, 5.74) is 0.138. The van der Waals surface area contributed by atoms with E-state index < -0.39 is 0 Å². The van der Waals surface area contributed by atoms with E-state index >= 15 is 0 Å². The molecule has 0 spiro atoms. The van der Waals surface area contributed by atoms with Gasteiger partial charge in [0.05, 0.1) is 0 Å². The summed E-state index contributed by atoms with van der Waals surface area (Å²) in [6, 6.07) is 4.79. The van der Waals surface area contributed by atoms with E-state index in [0.29, 0.717) is 12.6 Å². The van der Waals surface area contributed by atoms with Gasteiger partial charge in [-0.1, -0.05) is 19.3 Å². The Bertz CT molecular complexity index is 368. The van der Waals surface area contributed by atoms with Crippen molar-refractivity contribution < 1.29 is 5.11 Å². The second kappa shape index (κ2) is 6.18. The summed E-state index contributed by atoms with van der Waals surface area (Å²) in [6.45, 7) is 5.65. The fraction of sp³-hybridized carbons (Fsp3) is 0.733. The number of hydrogen-bond acceptors (Lipinski definition) is 3. The van der Waals surface area contributed by atoms with Crippen LogP contribution >= 0.6 is 11.3 Å². The van der Waals surface area contributed by atoms with Crippen molar-refractivity contribution in [3.63, 3.8) is 0 Å². The summed E-state index contributed by atoms with van der Waals surface area (Å²) in [6.07, 6.45) is 6.23. The summed E-state index contributed by atoms with van der Waals surface area (Å²) in [4.78, 5) is 2.77. The van der Waals surface area contributed by atoms with E-state index in [-0.39, 0.29) is 5.41 Å². The van der Waals surface area contributed by atoms with Crippen LogP contribution in [0.5, 0.6) is 0 Å². The zero-order valence-corrected chi connectivity index (χ0v) is 12.4. The largest absolute Gasteiger partial charge is 0.396 e. The Morgan fingerprint density at radius 2 is 2.06 bits per heavy atom. The molecule has 0 radical (unpaired) electrons. The molecule has 2 nitrogen and oxygen atoms in total. The van der Waals surface area contributed by atoms with Crippen LogP contribution in [0.1, 0.15) is 54.8 Å². The number of aliphatic hydroxyl groups is 1. The molecule has 1 aromatic rings. The fourth-order valence-corrected chi connectivity index (χ4v) is 3.75. The molecule has 1 atom stereocenters. The predicted octanol–water partition coefficient (Wildman–Crippen LogP) is 3.65. The van der Waals surface area contributed by atoms with E-state index in [1.807, 2.05) is 11.3 Å². The zero-order chi connectivity index (χ0) is 13.0. The summed E-state index contributed by atoms with van der Waals surface area (Å²) >= 11 is 1.86. The van der Waals surface area contributed by atoms with Crippen molar-refractivity contribution in [1.29, 1.82) is 0 Å². The number of aryl methyl sites for hydroxylation is 1. The van der Waals surface area contributed by atoms with Gasteiger partial charge in [0, 0.05) is 34.4 Å². The Morgan fingerprint density at radius 1 is 1.33 bits per heavy atom. The molecule has 18 heavy (non-hydrogen) atoms. The lowest BCUT2D eigenvalue weighted by atomic mass is 9.74. The molecule has 1 unspecified atom stereocenters. The van der Waals surface area contributed by atoms with E-state index in [0.717, 1.165) is 6.54 Å². The molecule has 0 saturated heterocycles. The third-order valence-corrected chi connectivity index (χ3v) is 5.40. The Labute approximate surface area is 114 Å². The van der Waals surface area contributed by atoms with Gasteiger partial charge in [0.25, 0.3) is 0 Å². The number of nitrogens with one attached hydrogen (secondary N) is 1. The van der Waals surface area contributed by atoms with Crippen LogP contribution in [0.25, 0.3) is 0 Å². The third kappa shape index (κ3) is 3.34. The van der Waals surface area contributed by atoms with Crippen LogP contribution in [0, 0.1) is 12.3 Å². The minimum Gasteiger partial charge on any atom is -0.396 e. The standard InChI is InChI=1S/C15H25NOS/c1-12-6-7-14(18-12)13(2)16-10-15(11-17)8-4-3-5-9-15/h6-7,13,16-17H,3-5,8-11H2,1-2H3. The van der Waals surface area contributed by atoms with Gasteiger partial charge in [-0.3, -0.25) is 0 Å². The van der Waals surface area contributed by atoms with E-state index in [2.05, 4.69) is 31.3 Å². The van der Waals surface area contributed by atoms with Crippen molar-refractivity contribution in [2.75, 3.05) is 13.2 Å². The third-order valence-electron chi connectivity index (χ3n) is 4.22. The van der Waals surface area contributed by atoms with Gasteiger partial charge in [-0.05, 0) is 38.8 Å². The molecule has 1 aliphatic carbocycles. The minimum absolute atomic E-state index is 0.138. The molecular weight excluding hydrogens is 242 g/mol. The van der Waals surface area contributed by atoms with Gasteiger partial charge in [-0.15, -0.1) is 11.3 Å². The van der Waals surface area contributed by atoms with Gasteiger partial charge < -0.3 is 10.4 Å². The summed E-state index contributed by atoms with van der Waals surface area (Å²) in [7, 11) is 0. The monoisotopic (exact) mass is 267 g/mol. The van der Waals surface area contributed by atoms with Gasteiger partial charge >= 0.3 is 0 Å². The van der Waals surface area contributed by atoms with Crippen molar-refractivity contribution in [2.24, 2.45) is 5.41 Å². The highest BCUT2D eigenvalue weighted by molar-refractivity contribution is 7.12. The zero-order valence-electron chi connectivity index (χ0n) is 11.5. The lowest BCUT2D eigenvalue weighted by molar-refractivity contribution is 0.0790. The molecule has 0 aliphatic heterocycles. The van der Waals surface area contributed by atoms with Gasteiger partial charge in [0.15, 0.2) is 0 Å². The highest BCUT2D eigenvalue weighted by Gasteiger charge is 2.31. The number of hydrogen-bond donors (Lipinski definition) is 2. The second-order valence-corrected chi connectivity index (χ2v) is 7.09. The van der Waals surface area contributed by atoms with Crippen LogP contribution in [0.2, 0.25) is 0 Å². The molecule has 2 rings (SSSR count).